The molecule has 21 heavy (non-hydrogen) atoms. The van der Waals surface area contributed by atoms with Crippen LogP contribution in [0.2, 0.25) is 0 Å². The number of anilines is 1. The van der Waals surface area contributed by atoms with Crippen LogP contribution >= 0.6 is 0 Å². The highest BCUT2D eigenvalue weighted by atomic mass is 16.3. The van der Waals surface area contributed by atoms with Crippen LogP contribution in [0.25, 0.3) is 0 Å². The number of aliphatic hydroxyl groups is 1. The van der Waals surface area contributed by atoms with Crippen LogP contribution in [0.5, 0.6) is 0 Å². The molecule has 0 spiro atoms. The van der Waals surface area contributed by atoms with E-state index < -0.39 is 0 Å². The molecule has 4 rings (SSSR count). The van der Waals surface area contributed by atoms with Gasteiger partial charge in [0.15, 0.2) is 0 Å². The fraction of sp³-hybridized carbons (Fsp3) is 0.412. The van der Waals surface area contributed by atoms with Gasteiger partial charge >= 0.3 is 0 Å². The normalized spacial score (nSPS) is 17.0. The van der Waals surface area contributed by atoms with Crippen molar-refractivity contribution in [3.8, 4) is 0 Å². The van der Waals surface area contributed by atoms with Crippen LogP contribution in [-0.4, -0.2) is 21.2 Å². The standard InChI is InChI=1S/C9H10O.C8H11N3/c10-9-5-7-3-1-2-4-8(7)6-9;1-5-8(9)11-7(4-10-5)6-2-3-6/h1-4,9-10H,5-6H2;4,6H,2-3H2,1H3,(H2,9,11). The Hall–Kier alpha value is -1.94. The molecule has 1 heterocycles. The summed E-state index contributed by atoms with van der Waals surface area (Å²) in [5.41, 5.74) is 10.1. The third-order valence-corrected chi connectivity index (χ3v) is 4.04. The topological polar surface area (TPSA) is 72.0 Å². The van der Waals surface area contributed by atoms with Crippen LogP contribution in [0, 0.1) is 6.92 Å². The molecule has 0 saturated heterocycles. The van der Waals surface area contributed by atoms with Gasteiger partial charge in [-0.15, -0.1) is 0 Å². The van der Waals surface area contributed by atoms with Crippen LogP contribution in [-0.2, 0) is 12.8 Å². The number of nitrogens with zero attached hydrogens (tertiary/aromatic N) is 2. The Morgan fingerprint density at radius 3 is 2.29 bits per heavy atom. The van der Waals surface area contributed by atoms with Crippen molar-refractivity contribution in [2.24, 2.45) is 0 Å². The number of rotatable bonds is 1. The molecule has 1 saturated carbocycles. The second kappa shape index (κ2) is 5.82. The van der Waals surface area contributed by atoms with Gasteiger partial charge in [0.1, 0.15) is 5.82 Å². The lowest BCUT2D eigenvalue weighted by molar-refractivity contribution is 0.187. The Morgan fingerprint density at radius 2 is 1.76 bits per heavy atom. The summed E-state index contributed by atoms with van der Waals surface area (Å²) in [6, 6.07) is 8.23. The van der Waals surface area contributed by atoms with Crippen LogP contribution in [0.15, 0.2) is 30.5 Å². The fourth-order valence-corrected chi connectivity index (χ4v) is 2.59. The highest BCUT2D eigenvalue weighted by Gasteiger charge is 2.25. The number of nitrogen functional groups attached to an aromatic ring is 1. The van der Waals surface area contributed by atoms with E-state index in [-0.39, 0.29) is 6.10 Å². The minimum Gasteiger partial charge on any atom is -0.392 e. The largest absolute Gasteiger partial charge is 0.392 e. The predicted molar refractivity (Wildman–Crippen MR) is 83.0 cm³/mol. The van der Waals surface area contributed by atoms with E-state index in [0.717, 1.165) is 24.2 Å². The third kappa shape index (κ3) is 3.39. The van der Waals surface area contributed by atoms with E-state index in [2.05, 4.69) is 22.1 Å². The first-order valence-corrected chi connectivity index (χ1v) is 7.47. The molecule has 0 bridgehead atoms. The first-order chi connectivity index (χ1) is 10.1. The fourth-order valence-electron chi connectivity index (χ4n) is 2.59. The molecule has 0 atom stereocenters. The zero-order chi connectivity index (χ0) is 14.8. The Morgan fingerprint density at radius 1 is 1.14 bits per heavy atom. The lowest BCUT2D eigenvalue weighted by atomic mass is 10.1. The Bertz CT molecular complexity index is 613. The maximum absolute atomic E-state index is 9.25. The summed E-state index contributed by atoms with van der Waals surface area (Å²) in [7, 11) is 0. The zero-order valence-corrected chi connectivity index (χ0v) is 12.3. The van der Waals surface area contributed by atoms with Crippen molar-refractivity contribution < 1.29 is 5.11 Å². The van der Waals surface area contributed by atoms with Crippen molar-refractivity contribution in [1.29, 1.82) is 0 Å². The van der Waals surface area contributed by atoms with Crippen LogP contribution in [0.4, 0.5) is 5.82 Å². The van der Waals surface area contributed by atoms with Crippen molar-refractivity contribution >= 4 is 5.82 Å². The van der Waals surface area contributed by atoms with Gasteiger partial charge < -0.3 is 10.8 Å². The van der Waals surface area contributed by atoms with Crippen LogP contribution in [0.3, 0.4) is 0 Å². The van der Waals surface area contributed by atoms with E-state index in [9.17, 15) is 5.11 Å². The highest BCUT2D eigenvalue weighted by Crippen LogP contribution is 2.38. The zero-order valence-electron chi connectivity index (χ0n) is 12.3. The second-order valence-corrected chi connectivity index (χ2v) is 5.87. The molecular weight excluding hydrogens is 262 g/mol. The van der Waals surface area contributed by atoms with E-state index in [1.54, 1.807) is 0 Å². The van der Waals surface area contributed by atoms with Crippen molar-refractivity contribution in [2.45, 2.75) is 44.6 Å². The van der Waals surface area contributed by atoms with Gasteiger partial charge in [0, 0.05) is 12.1 Å². The average molecular weight is 283 g/mol. The van der Waals surface area contributed by atoms with Gasteiger partial charge in [-0.2, -0.15) is 0 Å². The maximum Gasteiger partial charge on any atom is 0.145 e. The molecule has 2 aliphatic carbocycles. The average Bonchev–Trinajstić information content (AvgIpc) is 3.24. The van der Waals surface area contributed by atoms with Gasteiger partial charge in [-0.05, 0) is 43.7 Å². The molecule has 0 aliphatic heterocycles. The molecule has 0 unspecified atom stereocenters. The first kappa shape index (κ1) is 14.0. The van der Waals surface area contributed by atoms with Crippen molar-refractivity contribution in [3.63, 3.8) is 0 Å². The smallest absolute Gasteiger partial charge is 0.145 e. The summed E-state index contributed by atoms with van der Waals surface area (Å²) in [6.45, 7) is 1.87. The minimum atomic E-state index is -0.127. The Balaban J connectivity index is 0.000000126. The molecule has 4 nitrogen and oxygen atoms in total. The number of nitrogens with two attached hydrogens (primary N) is 1. The van der Waals surface area contributed by atoms with E-state index in [1.807, 2.05) is 25.3 Å². The second-order valence-electron chi connectivity index (χ2n) is 5.87. The molecule has 1 aromatic carbocycles. The van der Waals surface area contributed by atoms with E-state index in [1.165, 1.54) is 24.0 Å². The molecule has 4 heteroatoms. The van der Waals surface area contributed by atoms with Crippen molar-refractivity contribution in [3.05, 3.63) is 53.0 Å². The molecular formula is C17H21N3O. The van der Waals surface area contributed by atoms with E-state index in [4.69, 9.17) is 5.73 Å². The number of hydrogen-bond donors (Lipinski definition) is 2. The summed E-state index contributed by atoms with van der Waals surface area (Å²) in [5, 5.41) is 9.25. The van der Waals surface area contributed by atoms with Gasteiger partial charge in [-0.1, -0.05) is 24.3 Å². The van der Waals surface area contributed by atoms with Crippen molar-refractivity contribution in [1.82, 2.24) is 9.97 Å². The number of aliphatic hydroxyl groups excluding tert-OH is 1. The van der Waals surface area contributed by atoms with Gasteiger partial charge in [0.05, 0.1) is 17.5 Å². The van der Waals surface area contributed by atoms with Crippen molar-refractivity contribution in [2.75, 3.05) is 5.73 Å². The SMILES string of the molecule is Cc1ncc(C2CC2)nc1N.OC1Cc2ccccc2C1. The molecule has 110 valence electrons. The summed E-state index contributed by atoms with van der Waals surface area (Å²) in [6.07, 6.45) is 5.89. The number of aryl methyl sites for hydroxylation is 1. The lowest BCUT2D eigenvalue weighted by Crippen LogP contribution is -2.03. The van der Waals surface area contributed by atoms with Gasteiger partial charge in [0.2, 0.25) is 0 Å². The number of hydrogen-bond acceptors (Lipinski definition) is 4. The summed E-state index contributed by atoms with van der Waals surface area (Å²) >= 11 is 0. The van der Waals surface area contributed by atoms with Gasteiger partial charge in [-0.3, -0.25) is 4.98 Å². The quantitative estimate of drug-likeness (QED) is 0.843. The highest BCUT2D eigenvalue weighted by molar-refractivity contribution is 5.34. The molecule has 0 amide bonds. The molecule has 1 fully saturated rings. The predicted octanol–water partition coefficient (Wildman–Crippen LogP) is 2.39. The van der Waals surface area contributed by atoms with Crippen LogP contribution < -0.4 is 5.73 Å². The molecule has 0 radical (unpaired) electrons. The Labute approximate surface area is 125 Å². The molecule has 1 aromatic heterocycles. The number of fused-ring (bicyclic) bond motifs is 1. The number of aromatic nitrogens is 2. The summed E-state index contributed by atoms with van der Waals surface area (Å²) < 4.78 is 0. The molecule has 3 N–H and O–H groups in total. The summed E-state index contributed by atoms with van der Waals surface area (Å²) in [5.74, 6) is 1.22. The molecule has 2 aliphatic rings. The molecule has 2 aromatic rings. The van der Waals surface area contributed by atoms with Gasteiger partial charge in [0.25, 0.3) is 0 Å². The van der Waals surface area contributed by atoms with E-state index >= 15 is 0 Å². The first-order valence-electron chi connectivity index (χ1n) is 7.47. The maximum atomic E-state index is 9.25. The number of benzene rings is 1. The van der Waals surface area contributed by atoms with E-state index in [0.29, 0.717) is 11.7 Å². The minimum absolute atomic E-state index is 0.127. The lowest BCUT2D eigenvalue weighted by Gasteiger charge is -2.00. The van der Waals surface area contributed by atoms with Crippen LogP contribution in [0.1, 0.15) is 41.3 Å². The Kier molecular flexibility index (Phi) is 3.88. The monoisotopic (exact) mass is 283 g/mol. The van der Waals surface area contributed by atoms with Gasteiger partial charge in [-0.25, -0.2) is 4.98 Å². The summed E-state index contributed by atoms with van der Waals surface area (Å²) in [4.78, 5) is 8.40. The third-order valence-electron chi connectivity index (χ3n) is 4.04.